The Hall–Kier alpha value is -1.17. The van der Waals surface area contributed by atoms with E-state index in [9.17, 15) is 13.6 Å². The van der Waals surface area contributed by atoms with Crippen LogP contribution in [0.25, 0.3) is 0 Å². The molecule has 3 nitrogen and oxygen atoms in total. The molecule has 0 unspecified atom stereocenters. The molecule has 0 spiro atoms. The van der Waals surface area contributed by atoms with Crippen molar-refractivity contribution in [1.82, 2.24) is 5.32 Å². The van der Waals surface area contributed by atoms with Crippen molar-refractivity contribution in [1.29, 1.82) is 0 Å². The van der Waals surface area contributed by atoms with Gasteiger partial charge in [-0.15, -0.1) is 0 Å². The Morgan fingerprint density at radius 2 is 2.05 bits per heavy atom. The first kappa shape index (κ1) is 17.9. The van der Waals surface area contributed by atoms with Gasteiger partial charge >= 0.3 is 6.61 Å². The van der Waals surface area contributed by atoms with Gasteiger partial charge in [0.25, 0.3) is 5.91 Å². The van der Waals surface area contributed by atoms with Crippen LogP contribution in [0.2, 0.25) is 0 Å². The van der Waals surface area contributed by atoms with Crippen molar-refractivity contribution in [2.75, 3.05) is 11.9 Å². The first-order valence-corrected chi connectivity index (χ1v) is 7.86. The number of benzene rings is 1. The van der Waals surface area contributed by atoms with Crippen molar-refractivity contribution in [2.45, 2.75) is 33.3 Å². The average Bonchev–Trinajstić information content (AvgIpc) is 2.43. The van der Waals surface area contributed by atoms with Crippen LogP contribution in [0.15, 0.2) is 24.3 Å². The van der Waals surface area contributed by atoms with Crippen LogP contribution in [-0.2, 0) is 0 Å². The topological polar surface area (TPSA) is 38.3 Å². The zero-order valence-corrected chi connectivity index (χ0v) is 13.8. The van der Waals surface area contributed by atoms with Gasteiger partial charge in [0, 0.05) is 11.9 Å². The second kappa shape index (κ2) is 8.32. The lowest BCUT2D eigenvalue weighted by Gasteiger charge is -2.24. The molecule has 1 N–H and O–H groups in total. The summed E-state index contributed by atoms with van der Waals surface area (Å²) in [7, 11) is 0. The van der Waals surface area contributed by atoms with Crippen LogP contribution in [0.4, 0.5) is 8.78 Å². The van der Waals surface area contributed by atoms with Crippen LogP contribution in [0.3, 0.4) is 0 Å². The quantitative estimate of drug-likeness (QED) is 0.702. The Morgan fingerprint density at radius 3 is 2.67 bits per heavy atom. The van der Waals surface area contributed by atoms with Gasteiger partial charge < -0.3 is 10.1 Å². The van der Waals surface area contributed by atoms with Gasteiger partial charge in [-0.3, -0.25) is 4.79 Å². The lowest BCUT2D eigenvalue weighted by atomic mass is 9.88. The van der Waals surface area contributed by atoms with Crippen LogP contribution in [-0.4, -0.2) is 24.4 Å². The van der Waals surface area contributed by atoms with Crippen LogP contribution in [0.5, 0.6) is 5.75 Å². The molecule has 0 aliphatic carbocycles. The molecule has 0 aliphatic heterocycles. The Labute approximate surface area is 132 Å². The lowest BCUT2D eigenvalue weighted by molar-refractivity contribution is -0.0501. The van der Waals surface area contributed by atoms with E-state index >= 15 is 0 Å². The van der Waals surface area contributed by atoms with E-state index < -0.39 is 12.5 Å². The van der Waals surface area contributed by atoms with E-state index in [4.69, 9.17) is 0 Å². The highest BCUT2D eigenvalue weighted by Gasteiger charge is 2.20. The first-order chi connectivity index (χ1) is 9.85. The van der Waals surface area contributed by atoms with E-state index in [1.54, 1.807) is 12.1 Å². The highest BCUT2D eigenvalue weighted by Crippen LogP contribution is 2.23. The number of alkyl halides is 3. The summed E-state index contributed by atoms with van der Waals surface area (Å²) in [6, 6.07) is 5.99. The molecule has 0 aliphatic rings. The maximum atomic E-state index is 12.3. The molecule has 0 saturated heterocycles. The van der Waals surface area contributed by atoms with Crippen LogP contribution < -0.4 is 10.1 Å². The second-order valence-corrected chi connectivity index (χ2v) is 6.31. The Kier molecular flexibility index (Phi) is 7.08. The highest BCUT2D eigenvalue weighted by molar-refractivity contribution is 9.09. The molecule has 0 bridgehead atoms. The van der Waals surface area contributed by atoms with Gasteiger partial charge in [-0.2, -0.15) is 8.78 Å². The fourth-order valence-corrected chi connectivity index (χ4v) is 2.18. The van der Waals surface area contributed by atoms with E-state index in [1.807, 2.05) is 0 Å². The maximum Gasteiger partial charge on any atom is 0.387 e. The summed E-state index contributed by atoms with van der Waals surface area (Å²) in [5.74, 6) is -0.513. The summed E-state index contributed by atoms with van der Waals surface area (Å²) < 4.78 is 29.0. The molecule has 1 rings (SSSR count). The standard InChI is InChI=1S/C15H20BrF2NO2/c1-15(2,8-5-9-16)10-19-13(20)11-6-3-4-7-12(11)21-14(17)18/h3-4,6-7,14H,5,8-10H2,1-2H3,(H,19,20). The molecular weight excluding hydrogens is 344 g/mol. The number of halogens is 3. The molecule has 21 heavy (non-hydrogen) atoms. The maximum absolute atomic E-state index is 12.3. The molecule has 1 aromatic carbocycles. The third-order valence-electron chi connectivity index (χ3n) is 3.06. The van der Waals surface area contributed by atoms with Crippen molar-refractivity contribution in [3.05, 3.63) is 29.8 Å². The fourth-order valence-electron chi connectivity index (χ4n) is 1.90. The number of hydrogen-bond acceptors (Lipinski definition) is 2. The van der Waals surface area contributed by atoms with Crippen molar-refractivity contribution in [3.63, 3.8) is 0 Å². The number of amides is 1. The van der Waals surface area contributed by atoms with Crippen LogP contribution in [0.1, 0.15) is 37.0 Å². The number of ether oxygens (including phenoxy) is 1. The SMILES string of the molecule is CC(C)(CCCBr)CNC(=O)c1ccccc1OC(F)F. The van der Waals surface area contributed by atoms with Crippen LogP contribution >= 0.6 is 15.9 Å². The normalized spacial score (nSPS) is 11.5. The number of carbonyl (C=O) groups is 1. The lowest BCUT2D eigenvalue weighted by Crippen LogP contribution is -2.34. The van der Waals surface area contributed by atoms with Crippen molar-refractivity contribution < 1.29 is 18.3 Å². The smallest absolute Gasteiger partial charge is 0.387 e. The van der Waals surface area contributed by atoms with E-state index in [2.05, 4.69) is 39.8 Å². The van der Waals surface area contributed by atoms with E-state index in [1.165, 1.54) is 12.1 Å². The number of nitrogens with one attached hydrogen (secondary N) is 1. The number of rotatable bonds is 8. The largest absolute Gasteiger partial charge is 0.434 e. The van der Waals surface area contributed by atoms with Gasteiger partial charge in [0.15, 0.2) is 0 Å². The predicted octanol–water partition coefficient (Wildman–Crippen LogP) is 4.22. The summed E-state index contributed by atoms with van der Waals surface area (Å²) in [4.78, 5) is 12.1. The van der Waals surface area contributed by atoms with Crippen LogP contribution in [0, 0.1) is 5.41 Å². The monoisotopic (exact) mass is 363 g/mol. The fraction of sp³-hybridized carbons (Fsp3) is 0.533. The molecule has 0 aromatic heterocycles. The zero-order chi connectivity index (χ0) is 15.9. The number of hydrogen-bond donors (Lipinski definition) is 1. The van der Waals surface area contributed by atoms with Gasteiger partial charge in [-0.1, -0.05) is 41.9 Å². The predicted molar refractivity (Wildman–Crippen MR) is 82.2 cm³/mol. The Morgan fingerprint density at radius 1 is 1.38 bits per heavy atom. The highest BCUT2D eigenvalue weighted by atomic mass is 79.9. The molecule has 0 saturated carbocycles. The van der Waals surface area contributed by atoms with Gasteiger partial charge in [-0.05, 0) is 30.4 Å². The van der Waals surface area contributed by atoms with Gasteiger partial charge in [0.05, 0.1) is 5.56 Å². The summed E-state index contributed by atoms with van der Waals surface area (Å²) >= 11 is 3.38. The summed E-state index contributed by atoms with van der Waals surface area (Å²) in [5, 5.41) is 3.69. The second-order valence-electron chi connectivity index (χ2n) is 5.51. The molecule has 1 aromatic rings. The molecule has 0 atom stereocenters. The average molecular weight is 364 g/mol. The summed E-state index contributed by atoms with van der Waals surface area (Å²) in [5.41, 5.74) is 0.0659. The Bertz CT molecular complexity index is 467. The van der Waals surface area contributed by atoms with Crippen molar-refractivity contribution in [2.24, 2.45) is 5.41 Å². The summed E-state index contributed by atoms with van der Waals surface area (Å²) in [6.07, 6.45) is 1.96. The Balaban J connectivity index is 2.67. The third-order valence-corrected chi connectivity index (χ3v) is 3.62. The van der Waals surface area contributed by atoms with Crippen molar-refractivity contribution in [3.8, 4) is 5.75 Å². The molecule has 0 fully saturated rings. The minimum absolute atomic E-state index is 0.0536. The first-order valence-electron chi connectivity index (χ1n) is 6.74. The molecule has 0 heterocycles. The van der Waals surface area contributed by atoms with Gasteiger partial charge in [0.2, 0.25) is 0 Å². The molecule has 118 valence electrons. The van der Waals surface area contributed by atoms with E-state index in [0.717, 1.165) is 18.2 Å². The van der Waals surface area contributed by atoms with Gasteiger partial charge in [-0.25, -0.2) is 0 Å². The molecular formula is C15H20BrF2NO2. The minimum Gasteiger partial charge on any atom is -0.434 e. The minimum atomic E-state index is -2.95. The third kappa shape index (κ3) is 6.42. The number of para-hydroxylation sites is 1. The molecule has 1 amide bonds. The van der Waals surface area contributed by atoms with Crippen molar-refractivity contribution >= 4 is 21.8 Å². The van der Waals surface area contributed by atoms with E-state index in [-0.39, 0.29) is 16.7 Å². The zero-order valence-electron chi connectivity index (χ0n) is 12.2. The molecule has 0 radical (unpaired) electrons. The number of carbonyl (C=O) groups excluding carboxylic acids is 1. The van der Waals surface area contributed by atoms with Gasteiger partial charge in [0.1, 0.15) is 5.75 Å². The molecule has 6 heteroatoms. The summed E-state index contributed by atoms with van der Waals surface area (Å²) in [6.45, 7) is 1.63. The van der Waals surface area contributed by atoms with E-state index in [0.29, 0.717) is 6.54 Å².